The summed E-state index contributed by atoms with van der Waals surface area (Å²) in [6.07, 6.45) is 5.81. The average Bonchev–Trinajstić information content (AvgIpc) is 3.01. The fourth-order valence-electron chi connectivity index (χ4n) is 3.39. The Bertz CT molecular complexity index is 446. The summed E-state index contributed by atoms with van der Waals surface area (Å²) in [6, 6.07) is 4.21. The number of hydrogen-bond acceptors (Lipinski definition) is 3. The molecule has 0 saturated heterocycles. The van der Waals surface area contributed by atoms with Crippen molar-refractivity contribution in [2.75, 3.05) is 6.61 Å². The van der Waals surface area contributed by atoms with E-state index in [2.05, 4.69) is 31.3 Å². The summed E-state index contributed by atoms with van der Waals surface area (Å²) in [6.45, 7) is 5.54. The van der Waals surface area contributed by atoms with Gasteiger partial charge in [-0.2, -0.15) is 0 Å². The Hall–Kier alpha value is -0.800. The van der Waals surface area contributed by atoms with Gasteiger partial charge < -0.3 is 14.8 Å². The van der Waals surface area contributed by atoms with Gasteiger partial charge in [-0.25, -0.2) is 0 Å². The van der Waals surface area contributed by atoms with Gasteiger partial charge in [-0.05, 0) is 56.1 Å². The molecule has 3 nitrogen and oxygen atoms in total. The Morgan fingerprint density at radius 3 is 2.60 bits per heavy atom. The highest BCUT2D eigenvalue weighted by molar-refractivity contribution is 5.17. The molecule has 0 aliphatic heterocycles. The van der Waals surface area contributed by atoms with E-state index in [9.17, 15) is 5.11 Å². The summed E-state index contributed by atoms with van der Waals surface area (Å²) in [5.41, 5.74) is -0.0909. The maximum absolute atomic E-state index is 9.75. The van der Waals surface area contributed by atoms with Gasteiger partial charge in [0.15, 0.2) is 0 Å². The molecule has 20 heavy (non-hydrogen) atoms. The summed E-state index contributed by atoms with van der Waals surface area (Å²) < 4.78 is 5.94. The van der Waals surface area contributed by atoms with E-state index in [-0.39, 0.29) is 12.1 Å². The standard InChI is InChI=1S/C17H27NO2/c1-12-5-7-17(11-19,8-6-12)18-10-14-3-4-16(20-14)15-9-13(15)2/h3-4,12-13,15,18-19H,5-11H2,1-2H3. The van der Waals surface area contributed by atoms with Gasteiger partial charge in [-0.15, -0.1) is 0 Å². The van der Waals surface area contributed by atoms with Crippen LogP contribution in [0.3, 0.4) is 0 Å². The number of aliphatic hydroxyl groups is 1. The lowest BCUT2D eigenvalue weighted by atomic mass is 9.77. The largest absolute Gasteiger partial charge is 0.464 e. The monoisotopic (exact) mass is 277 g/mol. The topological polar surface area (TPSA) is 45.4 Å². The van der Waals surface area contributed by atoms with E-state index in [0.29, 0.717) is 5.92 Å². The Kier molecular flexibility index (Phi) is 3.91. The maximum Gasteiger partial charge on any atom is 0.117 e. The second-order valence-electron chi connectivity index (χ2n) is 7.10. The van der Waals surface area contributed by atoms with E-state index >= 15 is 0 Å². The SMILES string of the molecule is CC1CCC(CO)(NCc2ccc(C3CC3C)o2)CC1. The van der Waals surface area contributed by atoms with Gasteiger partial charge in [-0.3, -0.25) is 0 Å². The van der Waals surface area contributed by atoms with Gasteiger partial charge in [0.2, 0.25) is 0 Å². The van der Waals surface area contributed by atoms with Crippen LogP contribution in [-0.4, -0.2) is 17.3 Å². The van der Waals surface area contributed by atoms with Crippen LogP contribution in [-0.2, 0) is 6.54 Å². The summed E-state index contributed by atoms with van der Waals surface area (Å²) in [4.78, 5) is 0. The van der Waals surface area contributed by atoms with E-state index in [4.69, 9.17) is 4.42 Å². The molecule has 2 aliphatic rings. The third-order valence-corrected chi connectivity index (χ3v) is 5.33. The first-order chi connectivity index (χ1) is 9.62. The predicted molar refractivity (Wildman–Crippen MR) is 79.5 cm³/mol. The molecule has 2 saturated carbocycles. The first-order valence-corrected chi connectivity index (χ1v) is 8.06. The molecule has 3 rings (SSSR count). The molecule has 112 valence electrons. The van der Waals surface area contributed by atoms with E-state index in [1.807, 2.05) is 0 Å². The van der Waals surface area contributed by atoms with Gasteiger partial charge >= 0.3 is 0 Å². The van der Waals surface area contributed by atoms with Gasteiger partial charge in [0.25, 0.3) is 0 Å². The van der Waals surface area contributed by atoms with Gasteiger partial charge in [0.1, 0.15) is 11.5 Å². The Labute approximate surface area is 121 Å². The minimum Gasteiger partial charge on any atom is -0.464 e. The van der Waals surface area contributed by atoms with Crippen LogP contribution >= 0.6 is 0 Å². The second-order valence-corrected chi connectivity index (χ2v) is 7.10. The van der Waals surface area contributed by atoms with Crippen LogP contribution in [0.4, 0.5) is 0 Å². The van der Waals surface area contributed by atoms with Crippen LogP contribution in [0.5, 0.6) is 0 Å². The van der Waals surface area contributed by atoms with Gasteiger partial charge in [-0.1, -0.05) is 13.8 Å². The van der Waals surface area contributed by atoms with Crippen LogP contribution < -0.4 is 5.32 Å². The molecule has 2 aliphatic carbocycles. The zero-order valence-corrected chi connectivity index (χ0v) is 12.7. The van der Waals surface area contributed by atoms with Crippen molar-refractivity contribution in [3.05, 3.63) is 23.7 Å². The molecule has 0 amide bonds. The van der Waals surface area contributed by atoms with Crippen LogP contribution in [0.15, 0.2) is 16.5 Å². The summed E-state index contributed by atoms with van der Waals surface area (Å²) in [7, 11) is 0. The molecular weight excluding hydrogens is 250 g/mol. The molecule has 0 spiro atoms. The molecule has 0 aromatic carbocycles. The van der Waals surface area contributed by atoms with E-state index in [1.165, 1.54) is 19.3 Å². The predicted octanol–water partition coefficient (Wildman–Crippen LogP) is 3.43. The lowest BCUT2D eigenvalue weighted by molar-refractivity contribution is 0.102. The van der Waals surface area contributed by atoms with E-state index in [1.54, 1.807) is 0 Å². The number of aliphatic hydroxyl groups excluding tert-OH is 1. The number of hydrogen-bond donors (Lipinski definition) is 2. The van der Waals surface area contributed by atoms with Crippen LogP contribution in [0.2, 0.25) is 0 Å². The van der Waals surface area contributed by atoms with Crippen molar-refractivity contribution in [1.82, 2.24) is 5.32 Å². The zero-order valence-electron chi connectivity index (χ0n) is 12.7. The first-order valence-electron chi connectivity index (χ1n) is 8.06. The lowest BCUT2D eigenvalue weighted by Crippen LogP contribution is -2.50. The first kappa shape index (κ1) is 14.2. The highest BCUT2D eigenvalue weighted by atomic mass is 16.3. The average molecular weight is 277 g/mol. The molecule has 1 aromatic heterocycles. The number of nitrogens with one attached hydrogen (secondary N) is 1. The van der Waals surface area contributed by atoms with Gasteiger partial charge in [0.05, 0.1) is 13.2 Å². The molecule has 2 atom stereocenters. The third kappa shape index (κ3) is 2.94. The van der Waals surface area contributed by atoms with Crippen molar-refractivity contribution >= 4 is 0 Å². The van der Waals surface area contributed by atoms with Crippen molar-refractivity contribution in [3.63, 3.8) is 0 Å². The van der Waals surface area contributed by atoms with Crippen LogP contribution in [0, 0.1) is 11.8 Å². The van der Waals surface area contributed by atoms with Crippen molar-refractivity contribution in [2.24, 2.45) is 11.8 Å². The fourth-order valence-corrected chi connectivity index (χ4v) is 3.39. The fraction of sp³-hybridized carbons (Fsp3) is 0.765. The highest BCUT2D eigenvalue weighted by Gasteiger charge is 2.37. The van der Waals surface area contributed by atoms with Crippen molar-refractivity contribution in [1.29, 1.82) is 0 Å². The summed E-state index contributed by atoms with van der Waals surface area (Å²) in [5.74, 6) is 4.37. The Balaban J connectivity index is 1.56. The molecule has 0 bridgehead atoms. The number of rotatable bonds is 5. The molecule has 0 radical (unpaired) electrons. The molecule has 2 unspecified atom stereocenters. The minimum absolute atomic E-state index is 0.0909. The molecule has 3 heteroatoms. The molecular formula is C17H27NO2. The quantitative estimate of drug-likeness (QED) is 0.866. The Morgan fingerprint density at radius 2 is 2.00 bits per heavy atom. The molecule has 2 fully saturated rings. The lowest BCUT2D eigenvalue weighted by Gasteiger charge is -2.38. The van der Waals surface area contributed by atoms with Crippen molar-refractivity contribution in [2.45, 2.75) is 64.0 Å². The van der Waals surface area contributed by atoms with Crippen molar-refractivity contribution in [3.8, 4) is 0 Å². The summed E-state index contributed by atoms with van der Waals surface area (Å²) in [5, 5.41) is 13.3. The minimum atomic E-state index is -0.0909. The van der Waals surface area contributed by atoms with E-state index < -0.39 is 0 Å². The number of furan rings is 1. The molecule has 2 N–H and O–H groups in total. The van der Waals surface area contributed by atoms with Crippen LogP contribution in [0.1, 0.15) is 63.4 Å². The Morgan fingerprint density at radius 1 is 1.30 bits per heavy atom. The highest BCUT2D eigenvalue weighted by Crippen LogP contribution is 2.47. The molecule has 1 heterocycles. The maximum atomic E-state index is 9.75. The summed E-state index contributed by atoms with van der Waals surface area (Å²) >= 11 is 0. The van der Waals surface area contributed by atoms with Crippen LogP contribution in [0.25, 0.3) is 0 Å². The smallest absolute Gasteiger partial charge is 0.117 e. The van der Waals surface area contributed by atoms with Crippen molar-refractivity contribution < 1.29 is 9.52 Å². The third-order valence-electron chi connectivity index (χ3n) is 5.33. The normalized spacial score (nSPS) is 37.0. The van der Waals surface area contributed by atoms with E-state index in [0.717, 1.165) is 42.7 Å². The zero-order chi connectivity index (χ0) is 14.2. The second kappa shape index (κ2) is 5.53. The molecule has 1 aromatic rings. The van der Waals surface area contributed by atoms with Gasteiger partial charge in [0, 0.05) is 11.5 Å².